The van der Waals surface area contributed by atoms with Crippen molar-refractivity contribution in [2.24, 2.45) is 4.99 Å². The van der Waals surface area contributed by atoms with Crippen molar-refractivity contribution in [2.75, 3.05) is 31.2 Å². The van der Waals surface area contributed by atoms with Crippen molar-refractivity contribution < 1.29 is 4.74 Å². The number of morpholine rings is 1. The highest BCUT2D eigenvalue weighted by atomic mass is 16.5. The Morgan fingerprint density at radius 1 is 1.00 bits per heavy atom. The van der Waals surface area contributed by atoms with Crippen LogP contribution in [0.3, 0.4) is 0 Å². The number of benzene rings is 2. The zero-order valence-electron chi connectivity index (χ0n) is 13.0. The van der Waals surface area contributed by atoms with E-state index in [4.69, 9.17) is 4.74 Å². The van der Waals surface area contributed by atoms with Crippen LogP contribution in [0.4, 0.5) is 11.4 Å². The molecular formula is C19H22N2O. The number of hydrogen-bond donors (Lipinski definition) is 0. The van der Waals surface area contributed by atoms with Crippen LogP contribution in [-0.2, 0) is 11.2 Å². The Bertz CT molecular complexity index is 611. The number of rotatable bonds is 4. The second kappa shape index (κ2) is 7.23. The maximum Gasteiger partial charge on any atom is 0.0642 e. The fraction of sp³-hybridized carbons (Fsp3) is 0.316. The minimum Gasteiger partial charge on any atom is -0.378 e. The average molecular weight is 294 g/mol. The predicted octanol–water partition coefficient (Wildman–Crippen LogP) is 3.84. The van der Waals surface area contributed by atoms with E-state index in [1.165, 1.54) is 11.3 Å². The molecule has 0 aromatic heterocycles. The molecule has 3 heteroatoms. The SMILES string of the molecule is CCc1ccc(N=Cc2ccc(N3CCOCC3)cc2)cc1. The van der Waals surface area contributed by atoms with E-state index in [9.17, 15) is 0 Å². The smallest absolute Gasteiger partial charge is 0.0642 e. The van der Waals surface area contributed by atoms with Gasteiger partial charge in [-0.25, -0.2) is 0 Å². The molecule has 0 saturated carbocycles. The van der Waals surface area contributed by atoms with E-state index in [0.29, 0.717) is 0 Å². The molecule has 0 spiro atoms. The first-order valence-electron chi connectivity index (χ1n) is 7.91. The second-order valence-electron chi connectivity index (χ2n) is 5.47. The maximum atomic E-state index is 5.39. The summed E-state index contributed by atoms with van der Waals surface area (Å²) in [5.74, 6) is 0. The van der Waals surface area contributed by atoms with Crippen molar-refractivity contribution in [2.45, 2.75) is 13.3 Å². The van der Waals surface area contributed by atoms with Crippen LogP contribution >= 0.6 is 0 Å². The molecule has 0 bridgehead atoms. The molecule has 3 rings (SSSR count). The van der Waals surface area contributed by atoms with Gasteiger partial charge in [0.2, 0.25) is 0 Å². The average Bonchev–Trinajstić information content (AvgIpc) is 2.61. The van der Waals surface area contributed by atoms with E-state index in [2.05, 4.69) is 65.3 Å². The summed E-state index contributed by atoms with van der Waals surface area (Å²) in [5, 5.41) is 0. The zero-order valence-corrected chi connectivity index (χ0v) is 13.0. The molecule has 0 aliphatic carbocycles. The van der Waals surface area contributed by atoms with Gasteiger partial charge in [0.1, 0.15) is 0 Å². The van der Waals surface area contributed by atoms with Gasteiger partial charge in [-0.2, -0.15) is 0 Å². The Hall–Kier alpha value is -2.13. The van der Waals surface area contributed by atoms with E-state index in [1.807, 2.05) is 6.21 Å². The van der Waals surface area contributed by atoms with Gasteiger partial charge in [0.25, 0.3) is 0 Å². The molecule has 0 amide bonds. The normalized spacial score (nSPS) is 15.4. The summed E-state index contributed by atoms with van der Waals surface area (Å²) >= 11 is 0. The van der Waals surface area contributed by atoms with Gasteiger partial charge in [-0.05, 0) is 41.8 Å². The van der Waals surface area contributed by atoms with Crippen LogP contribution in [-0.4, -0.2) is 32.5 Å². The summed E-state index contributed by atoms with van der Waals surface area (Å²) in [7, 11) is 0. The molecule has 114 valence electrons. The first-order chi connectivity index (χ1) is 10.8. The van der Waals surface area contributed by atoms with E-state index in [0.717, 1.165) is 44.0 Å². The topological polar surface area (TPSA) is 24.8 Å². The van der Waals surface area contributed by atoms with Gasteiger partial charge in [-0.15, -0.1) is 0 Å². The fourth-order valence-electron chi connectivity index (χ4n) is 2.56. The Balaban J connectivity index is 1.65. The Morgan fingerprint density at radius 2 is 1.68 bits per heavy atom. The van der Waals surface area contributed by atoms with E-state index < -0.39 is 0 Å². The van der Waals surface area contributed by atoms with Gasteiger partial charge in [-0.1, -0.05) is 31.2 Å². The van der Waals surface area contributed by atoms with Crippen LogP contribution < -0.4 is 4.90 Å². The van der Waals surface area contributed by atoms with Crippen LogP contribution in [0.15, 0.2) is 53.5 Å². The molecule has 1 fully saturated rings. The van der Waals surface area contributed by atoms with Gasteiger partial charge >= 0.3 is 0 Å². The minimum atomic E-state index is 0.816. The Kier molecular flexibility index (Phi) is 4.86. The summed E-state index contributed by atoms with van der Waals surface area (Å²) < 4.78 is 5.39. The number of ether oxygens (including phenoxy) is 1. The predicted molar refractivity (Wildman–Crippen MR) is 92.5 cm³/mol. The van der Waals surface area contributed by atoms with Crippen molar-refractivity contribution in [1.29, 1.82) is 0 Å². The van der Waals surface area contributed by atoms with Crippen LogP contribution in [0.1, 0.15) is 18.1 Å². The molecular weight excluding hydrogens is 272 g/mol. The molecule has 3 nitrogen and oxygen atoms in total. The number of aryl methyl sites for hydroxylation is 1. The number of aliphatic imine (C=N–C) groups is 1. The third kappa shape index (κ3) is 3.74. The van der Waals surface area contributed by atoms with Crippen molar-refractivity contribution >= 4 is 17.6 Å². The molecule has 0 N–H and O–H groups in total. The molecule has 22 heavy (non-hydrogen) atoms. The highest BCUT2D eigenvalue weighted by Crippen LogP contribution is 2.17. The zero-order chi connectivity index (χ0) is 15.2. The van der Waals surface area contributed by atoms with Crippen molar-refractivity contribution in [3.8, 4) is 0 Å². The summed E-state index contributed by atoms with van der Waals surface area (Å²) in [6.07, 6.45) is 2.98. The summed E-state index contributed by atoms with van der Waals surface area (Å²) in [5.41, 5.74) is 4.72. The van der Waals surface area contributed by atoms with Gasteiger partial charge in [-0.3, -0.25) is 4.99 Å². The third-order valence-electron chi connectivity index (χ3n) is 3.98. The first kappa shape index (κ1) is 14.8. The Morgan fingerprint density at radius 3 is 2.32 bits per heavy atom. The van der Waals surface area contributed by atoms with Gasteiger partial charge in [0.15, 0.2) is 0 Å². The molecule has 1 aliphatic heterocycles. The van der Waals surface area contributed by atoms with Crippen molar-refractivity contribution in [3.05, 3.63) is 59.7 Å². The van der Waals surface area contributed by atoms with Crippen LogP contribution in [0.2, 0.25) is 0 Å². The monoisotopic (exact) mass is 294 g/mol. The molecule has 1 saturated heterocycles. The van der Waals surface area contributed by atoms with Gasteiger partial charge in [0.05, 0.1) is 18.9 Å². The van der Waals surface area contributed by atoms with Gasteiger partial charge in [0, 0.05) is 25.0 Å². The van der Waals surface area contributed by atoms with Gasteiger partial charge < -0.3 is 9.64 Å². The largest absolute Gasteiger partial charge is 0.378 e. The lowest BCUT2D eigenvalue weighted by Crippen LogP contribution is -2.36. The van der Waals surface area contributed by atoms with Crippen LogP contribution in [0.5, 0.6) is 0 Å². The number of hydrogen-bond acceptors (Lipinski definition) is 3. The molecule has 1 aliphatic rings. The quantitative estimate of drug-likeness (QED) is 0.800. The second-order valence-corrected chi connectivity index (χ2v) is 5.47. The summed E-state index contributed by atoms with van der Waals surface area (Å²) in [6, 6.07) is 17.0. The third-order valence-corrected chi connectivity index (χ3v) is 3.98. The lowest BCUT2D eigenvalue weighted by atomic mass is 10.1. The lowest BCUT2D eigenvalue weighted by Gasteiger charge is -2.28. The number of anilines is 1. The highest BCUT2D eigenvalue weighted by Gasteiger charge is 2.10. The minimum absolute atomic E-state index is 0.816. The highest BCUT2D eigenvalue weighted by molar-refractivity contribution is 5.82. The molecule has 2 aromatic carbocycles. The standard InChI is InChI=1S/C19H22N2O/c1-2-16-3-7-18(8-4-16)20-15-17-5-9-19(10-6-17)21-11-13-22-14-12-21/h3-10,15H,2,11-14H2,1H3. The molecule has 0 radical (unpaired) electrons. The fourth-order valence-corrected chi connectivity index (χ4v) is 2.56. The first-order valence-corrected chi connectivity index (χ1v) is 7.91. The summed E-state index contributed by atoms with van der Waals surface area (Å²) in [4.78, 5) is 6.89. The number of nitrogens with zero attached hydrogens (tertiary/aromatic N) is 2. The van der Waals surface area contributed by atoms with E-state index in [-0.39, 0.29) is 0 Å². The van der Waals surface area contributed by atoms with Crippen LogP contribution in [0.25, 0.3) is 0 Å². The molecule has 0 atom stereocenters. The van der Waals surface area contributed by atoms with Crippen LogP contribution in [0, 0.1) is 0 Å². The van der Waals surface area contributed by atoms with Crippen molar-refractivity contribution in [1.82, 2.24) is 0 Å². The Labute approximate surface area is 132 Å². The molecule has 0 unspecified atom stereocenters. The van der Waals surface area contributed by atoms with E-state index >= 15 is 0 Å². The molecule has 2 aromatic rings. The van der Waals surface area contributed by atoms with E-state index in [1.54, 1.807) is 0 Å². The summed E-state index contributed by atoms with van der Waals surface area (Å²) in [6.45, 7) is 5.73. The maximum absolute atomic E-state index is 5.39. The van der Waals surface area contributed by atoms with Crippen molar-refractivity contribution in [3.63, 3.8) is 0 Å². The molecule has 1 heterocycles. The lowest BCUT2D eigenvalue weighted by molar-refractivity contribution is 0.122.